The average Bonchev–Trinajstić information content (AvgIpc) is 3.22. The molecular weight excluding hydrogens is 505 g/mol. The molecule has 3 aromatic rings. The maximum atomic E-state index is 13.9. The molecule has 1 aliphatic carbocycles. The van der Waals surface area contributed by atoms with Crippen LogP contribution in [0.2, 0.25) is 0 Å². The van der Waals surface area contributed by atoms with Crippen molar-refractivity contribution in [1.82, 2.24) is 9.78 Å². The lowest BCUT2D eigenvalue weighted by atomic mass is 9.75. The zero-order valence-corrected chi connectivity index (χ0v) is 21.4. The molecule has 0 bridgehead atoms. The normalized spacial score (nSPS) is 14.6. The summed E-state index contributed by atoms with van der Waals surface area (Å²) in [6, 6.07) is 7.45. The summed E-state index contributed by atoms with van der Waals surface area (Å²) in [4.78, 5) is 25.0. The number of nitrogens with one attached hydrogen (secondary N) is 1. The molecule has 1 heterocycles. The molecule has 1 aliphatic rings. The second-order valence-corrected chi connectivity index (χ2v) is 9.65. The fourth-order valence-electron chi connectivity index (χ4n) is 4.65. The van der Waals surface area contributed by atoms with E-state index in [1.54, 1.807) is 12.1 Å². The lowest BCUT2D eigenvalue weighted by molar-refractivity contribution is -0.141. The van der Waals surface area contributed by atoms with Crippen LogP contribution in [0.25, 0.3) is 5.69 Å². The number of anilines is 2. The smallest absolute Gasteiger partial charge is 0.435 e. The number of aromatic nitrogens is 2. The summed E-state index contributed by atoms with van der Waals surface area (Å²) < 4.78 is 58.8. The lowest BCUT2D eigenvalue weighted by Gasteiger charge is -2.29. The van der Waals surface area contributed by atoms with Gasteiger partial charge >= 0.3 is 6.18 Å². The largest absolute Gasteiger partial charge is 0.493 e. The van der Waals surface area contributed by atoms with Gasteiger partial charge in [0, 0.05) is 24.2 Å². The van der Waals surface area contributed by atoms with Crippen LogP contribution in [0.1, 0.15) is 52.4 Å². The van der Waals surface area contributed by atoms with Crippen LogP contribution in [0.5, 0.6) is 17.2 Å². The quantitative estimate of drug-likeness (QED) is 0.444. The van der Waals surface area contributed by atoms with Gasteiger partial charge in [0.15, 0.2) is 23.0 Å². The molecule has 0 radical (unpaired) electrons. The molecule has 0 saturated heterocycles. The minimum absolute atomic E-state index is 0.0245. The van der Waals surface area contributed by atoms with Gasteiger partial charge in [0.05, 0.1) is 49.5 Å². The molecule has 0 atom stereocenters. The fourth-order valence-corrected chi connectivity index (χ4v) is 4.65. The standard InChI is InChI=1S/C26H27F3N4O5/c1-25(2)11-17-21(18(34)12-25)23(26(27,28)29)32-33(17)14-6-7-15(24(30)35)16(10-14)31-13-8-19(36-3)22(38-5)20(9-13)37-4/h6-10,31H,11-12H2,1-5H3,(H2,30,35). The number of fused-ring (bicyclic) bond motifs is 1. The molecule has 1 aromatic heterocycles. The Kier molecular flexibility index (Phi) is 6.77. The number of rotatable bonds is 7. The van der Waals surface area contributed by atoms with E-state index < -0.39 is 34.5 Å². The molecule has 12 heteroatoms. The third-order valence-corrected chi connectivity index (χ3v) is 6.27. The third-order valence-electron chi connectivity index (χ3n) is 6.27. The molecule has 0 aliphatic heterocycles. The number of hydrogen-bond donors (Lipinski definition) is 2. The predicted octanol–water partition coefficient (Wildman–Crippen LogP) is 4.91. The number of ether oxygens (including phenoxy) is 3. The van der Waals surface area contributed by atoms with Gasteiger partial charge in [0.2, 0.25) is 5.75 Å². The van der Waals surface area contributed by atoms with Gasteiger partial charge in [-0.2, -0.15) is 18.3 Å². The zero-order chi connectivity index (χ0) is 28.0. The van der Waals surface area contributed by atoms with Crippen LogP contribution in [0.15, 0.2) is 30.3 Å². The Morgan fingerprint density at radius 1 is 1.05 bits per heavy atom. The minimum Gasteiger partial charge on any atom is -0.493 e. The number of hydrogen-bond acceptors (Lipinski definition) is 7. The van der Waals surface area contributed by atoms with Crippen LogP contribution in [-0.4, -0.2) is 42.8 Å². The number of carbonyl (C=O) groups is 2. The van der Waals surface area contributed by atoms with Crippen molar-refractivity contribution < 1.29 is 37.0 Å². The van der Waals surface area contributed by atoms with Crippen LogP contribution in [0.4, 0.5) is 24.5 Å². The molecule has 2 aromatic carbocycles. The van der Waals surface area contributed by atoms with E-state index in [0.29, 0.717) is 22.9 Å². The molecular formula is C26H27F3N4O5. The van der Waals surface area contributed by atoms with Crippen LogP contribution in [0, 0.1) is 5.41 Å². The molecule has 0 spiro atoms. The van der Waals surface area contributed by atoms with E-state index in [-0.39, 0.29) is 35.5 Å². The number of ketones is 1. The highest BCUT2D eigenvalue weighted by molar-refractivity contribution is 6.01. The Balaban J connectivity index is 1.88. The number of primary amides is 1. The van der Waals surface area contributed by atoms with Crippen molar-refractivity contribution in [1.29, 1.82) is 0 Å². The number of benzene rings is 2. The molecule has 202 valence electrons. The maximum absolute atomic E-state index is 13.9. The first-order chi connectivity index (χ1) is 17.8. The van der Waals surface area contributed by atoms with E-state index in [1.807, 2.05) is 13.8 Å². The topological polar surface area (TPSA) is 118 Å². The average molecular weight is 533 g/mol. The van der Waals surface area contributed by atoms with Gasteiger partial charge in [0.25, 0.3) is 5.91 Å². The Morgan fingerprint density at radius 2 is 1.68 bits per heavy atom. The van der Waals surface area contributed by atoms with E-state index in [9.17, 15) is 22.8 Å². The number of carbonyl (C=O) groups excluding carboxylic acids is 2. The highest BCUT2D eigenvalue weighted by Crippen LogP contribution is 2.43. The van der Waals surface area contributed by atoms with Crippen molar-refractivity contribution >= 4 is 23.1 Å². The van der Waals surface area contributed by atoms with Crippen LogP contribution in [0.3, 0.4) is 0 Å². The highest BCUT2D eigenvalue weighted by Gasteiger charge is 2.45. The molecule has 0 unspecified atom stereocenters. The predicted molar refractivity (Wildman–Crippen MR) is 133 cm³/mol. The monoisotopic (exact) mass is 532 g/mol. The summed E-state index contributed by atoms with van der Waals surface area (Å²) >= 11 is 0. The Morgan fingerprint density at radius 3 is 2.21 bits per heavy atom. The summed E-state index contributed by atoms with van der Waals surface area (Å²) in [5, 5.41) is 6.88. The van der Waals surface area contributed by atoms with Gasteiger partial charge in [-0.3, -0.25) is 9.59 Å². The summed E-state index contributed by atoms with van der Waals surface area (Å²) in [5.74, 6) is -0.356. The molecule has 9 nitrogen and oxygen atoms in total. The first kappa shape index (κ1) is 26.8. The van der Waals surface area contributed by atoms with Crippen LogP contribution < -0.4 is 25.3 Å². The van der Waals surface area contributed by atoms with Gasteiger partial charge < -0.3 is 25.3 Å². The van der Waals surface area contributed by atoms with Gasteiger partial charge in [-0.15, -0.1) is 0 Å². The molecule has 38 heavy (non-hydrogen) atoms. The summed E-state index contributed by atoms with van der Waals surface area (Å²) in [7, 11) is 4.34. The number of alkyl halides is 3. The third kappa shape index (κ3) is 4.85. The van der Waals surface area contributed by atoms with E-state index >= 15 is 0 Å². The van der Waals surface area contributed by atoms with Gasteiger partial charge in [0.1, 0.15) is 0 Å². The van der Waals surface area contributed by atoms with Gasteiger partial charge in [-0.05, 0) is 30.0 Å². The second-order valence-electron chi connectivity index (χ2n) is 9.65. The van der Waals surface area contributed by atoms with Crippen molar-refractivity contribution in [3.8, 4) is 22.9 Å². The molecule has 1 amide bonds. The number of methoxy groups -OCH3 is 3. The lowest BCUT2D eigenvalue weighted by Crippen LogP contribution is -2.29. The minimum atomic E-state index is -4.82. The molecule has 0 saturated carbocycles. The maximum Gasteiger partial charge on any atom is 0.435 e. The first-order valence-corrected chi connectivity index (χ1v) is 11.5. The number of amides is 1. The van der Waals surface area contributed by atoms with Crippen molar-refractivity contribution in [2.45, 2.75) is 32.9 Å². The van der Waals surface area contributed by atoms with Crippen molar-refractivity contribution in [2.75, 3.05) is 26.6 Å². The Labute approximate surface area is 216 Å². The van der Waals surface area contributed by atoms with Crippen molar-refractivity contribution in [3.05, 3.63) is 52.8 Å². The molecule has 0 fully saturated rings. The SMILES string of the molecule is COc1cc(Nc2cc(-n3nc(C(F)(F)F)c4c3CC(C)(C)CC4=O)ccc2C(N)=O)cc(OC)c1OC. The second kappa shape index (κ2) is 9.58. The number of nitrogens with two attached hydrogens (primary N) is 1. The van der Waals surface area contributed by atoms with Gasteiger partial charge in [-0.1, -0.05) is 13.8 Å². The number of Topliss-reactive ketones (excluding diaryl/α,β-unsaturated/α-hetero) is 1. The van der Waals surface area contributed by atoms with Crippen molar-refractivity contribution in [3.63, 3.8) is 0 Å². The number of nitrogens with zero attached hydrogens (tertiary/aromatic N) is 2. The summed E-state index contributed by atoms with van der Waals surface area (Å²) in [6.45, 7) is 3.62. The van der Waals surface area contributed by atoms with Gasteiger partial charge in [-0.25, -0.2) is 4.68 Å². The summed E-state index contributed by atoms with van der Waals surface area (Å²) in [6.07, 6.45) is -4.65. The van der Waals surface area contributed by atoms with E-state index in [0.717, 1.165) is 4.68 Å². The molecule has 4 rings (SSSR count). The first-order valence-electron chi connectivity index (χ1n) is 11.5. The summed E-state index contributed by atoms with van der Waals surface area (Å²) in [5.41, 5.74) is 4.43. The van der Waals surface area contributed by atoms with Crippen molar-refractivity contribution in [2.24, 2.45) is 11.1 Å². The molecule has 3 N–H and O–H groups in total. The number of halogens is 3. The fraction of sp³-hybridized carbons (Fsp3) is 0.346. The van der Waals surface area contributed by atoms with E-state index in [1.165, 1.54) is 39.5 Å². The van der Waals surface area contributed by atoms with E-state index in [4.69, 9.17) is 19.9 Å². The zero-order valence-electron chi connectivity index (χ0n) is 21.4. The highest BCUT2D eigenvalue weighted by atomic mass is 19.4. The van der Waals surface area contributed by atoms with E-state index in [2.05, 4.69) is 10.4 Å². The van der Waals surface area contributed by atoms with Crippen LogP contribution in [-0.2, 0) is 12.6 Å². The Hall–Kier alpha value is -4.22. The van der Waals surface area contributed by atoms with Crippen LogP contribution >= 0.6 is 0 Å². The Bertz CT molecular complexity index is 1400.